The number of amides is 1. The van der Waals surface area contributed by atoms with Gasteiger partial charge in [-0.15, -0.1) is 0 Å². The van der Waals surface area contributed by atoms with Crippen molar-refractivity contribution in [1.82, 2.24) is 14.5 Å². The first-order chi connectivity index (χ1) is 12.0. The number of benzene rings is 1. The minimum absolute atomic E-state index is 0.0287. The molecule has 0 spiro atoms. The highest BCUT2D eigenvalue weighted by Crippen LogP contribution is 2.19. The molecule has 0 saturated carbocycles. The van der Waals surface area contributed by atoms with Gasteiger partial charge in [0.25, 0.3) is 5.56 Å². The van der Waals surface area contributed by atoms with E-state index in [0.29, 0.717) is 35.7 Å². The Labute approximate surface area is 152 Å². The van der Waals surface area contributed by atoms with Gasteiger partial charge in [0.15, 0.2) is 5.16 Å². The summed E-state index contributed by atoms with van der Waals surface area (Å²) in [6, 6.07) is 7.33. The topological polar surface area (TPSA) is 55.2 Å². The second-order valence-corrected chi connectivity index (χ2v) is 6.96. The fourth-order valence-corrected chi connectivity index (χ4v) is 3.53. The lowest BCUT2D eigenvalue weighted by Gasteiger charge is -2.21. The minimum Gasteiger partial charge on any atom is -0.338 e. The second kappa shape index (κ2) is 8.85. The van der Waals surface area contributed by atoms with Gasteiger partial charge >= 0.3 is 0 Å². The fourth-order valence-electron chi connectivity index (χ4n) is 2.60. The summed E-state index contributed by atoms with van der Waals surface area (Å²) in [5.41, 5.74) is 1.58. The summed E-state index contributed by atoms with van der Waals surface area (Å²) in [4.78, 5) is 31.5. The van der Waals surface area contributed by atoms with Gasteiger partial charge in [-0.2, -0.15) is 0 Å². The van der Waals surface area contributed by atoms with Crippen molar-refractivity contribution >= 4 is 28.6 Å². The highest BCUT2D eigenvalue weighted by atomic mass is 32.2. The molecule has 0 aliphatic carbocycles. The first-order valence-electron chi connectivity index (χ1n) is 8.52. The van der Waals surface area contributed by atoms with E-state index < -0.39 is 0 Å². The summed E-state index contributed by atoms with van der Waals surface area (Å²) in [6.07, 6.45) is 0.832. The van der Waals surface area contributed by atoms with Crippen molar-refractivity contribution in [3.63, 3.8) is 0 Å². The quantitative estimate of drug-likeness (QED) is 0.412. The van der Waals surface area contributed by atoms with Crippen molar-refractivity contribution in [3.8, 4) is 0 Å². The van der Waals surface area contributed by atoms with Gasteiger partial charge in [0.05, 0.1) is 16.7 Å². The zero-order valence-corrected chi connectivity index (χ0v) is 15.9. The number of para-hydroxylation sites is 1. The van der Waals surface area contributed by atoms with Crippen LogP contribution < -0.4 is 5.56 Å². The summed E-state index contributed by atoms with van der Waals surface area (Å²) in [7, 11) is 0. The Morgan fingerprint density at radius 1 is 1.32 bits per heavy atom. The van der Waals surface area contributed by atoms with Gasteiger partial charge in [-0.05, 0) is 32.4 Å². The van der Waals surface area contributed by atoms with Crippen molar-refractivity contribution in [1.29, 1.82) is 0 Å². The summed E-state index contributed by atoms with van der Waals surface area (Å²) < 4.78 is 1.68. The monoisotopic (exact) mass is 359 g/mol. The number of nitrogens with zero attached hydrogens (tertiary/aromatic N) is 3. The zero-order valence-electron chi connectivity index (χ0n) is 15.1. The minimum atomic E-state index is -0.0447. The van der Waals surface area contributed by atoms with E-state index in [1.165, 1.54) is 11.8 Å². The van der Waals surface area contributed by atoms with Gasteiger partial charge in [-0.25, -0.2) is 4.98 Å². The lowest BCUT2D eigenvalue weighted by atomic mass is 10.2. The molecule has 1 heterocycles. The Balaban J connectivity index is 2.27. The molecule has 2 aromatic rings. The maximum absolute atomic E-state index is 12.7. The Morgan fingerprint density at radius 3 is 2.68 bits per heavy atom. The number of aromatic nitrogens is 2. The molecule has 0 aliphatic heterocycles. The predicted molar refractivity (Wildman–Crippen MR) is 104 cm³/mol. The Hall–Kier alpha value is -2.08. The molecule has 5 nitrogen and oxygen atoms in total. The van der Waals surface area contributed by atoms with E-state index in [-0.39, 0.29) is 17.2 Å². The molecule has 2 rings (SSSR count). The van der Waals surface area contributed by atoms with Crippen LogP contribution >= 0.6 is 11.8 Å². The predicted octanol–water partition coefficient (Wildman–Crippen LogP) is 3.32. The van der Waals surface area contributed by atoms with Crippen LogP contribution in [-0.4, -0.2) is 39.2 Å². The second-order valence-electron chi connectivity index (χ2n) is 6.02. The molecule has 0 radical (unpaired) electrons. The Bertz CT molecular complexity index is 829. The van der Waals surface area contributed by atoms with Gasteiger partial charge in [-0.3, -0.25) is 14.2 Å². The van der Waals surface area contributed by atoms with E-state index >= 15 is 0 Å². The Morgan fingerprint density at radius 2 is 2.04 bits per heavy atom. The van der Waals surface area contributed by atoms with E-state index in [2.05, 4.69) is 11.6 Å². The number of fused-ring (bicyclic) bond motifs is 1. The normalized spacial score (nSPS) is 10.8. The average molecular weight is 359 g/mol. The number of likely N-dealkylation sites (N-methyl/N-ethyl adjacent to an activating group) is 1. The number of thioether (sulfide) groups is 1. The highest BCUT2D eigenvalue weighted by molar-refractivity contribution is 7.99. The van der Waals surface area contributed by atoms with Crippen molar-refractivity contribution in [2.24, 2.45) is 0 Å². The van der Waals surface area contributed by atoms with Crippen molar-refractivity contribution in [3.05, 3.63) is 46.8 Å². The molecule has 25 heavy (non-hydrogen) atoms. The first kappa shape index (κ1) is 19.2. The molecule has 0 unspecified atom stereocenters. The lowest BCUT2D eigenvalue weighted by molar-refractivity contribution is -0.127. The van der Waals surface area contributed by atoms with Crippen LogP contribution in [0.4, 0.5) is 0 Å². The first-order valence-corrected chi connectivity index (χ1v) is 9.51. The molecule has 0 atom stereocenters. The fraction of sp³-hybridized carbons (Fsp3) is 0.421. The van der Waals surface area contributed by atoms with Crippen LogP contribution in [0.2, 0.25) is 0 Å². The van der Waals surface area contributed by atoms with E-state index in [0.717, 1.165) is 12.0 Å². The number of carbonyl (C=O) groups is 1. The van der Waals surface area contributed by atoms with Gasteiger partial charge < -0.3 is 4.90 Å². The van der Waals surface area contributed by atoms with Crippen LogP contribution in [0, 0.1) is 0 Å². The van der Waals surface area contributed by atoms with Crippen molar-refractivity contribution in [2.75, 3.05) is 18.8 Å². The SMILES string of the molecule is C=C(C)CN(CC)C(=O)CSc1nc2ccccc2c(=O)n1CCC. The molecular formula is C19H25N3O2S. The molecule has 1 aromatic carbocycles. The van der Waals surface area contributed by atoms with Crippen LogP contribution in [0.1, 0.15) is 27.2 Å². The number of hydrogen-bond donors (Lipinski definition) is 0. The van der Waals surface area contributed by atoms with Crippen LogP contribution in [-0.2, 0) is 11.3 Å². The molecular weight excluding hydrogens is 334 g/mol. The van der Waals surface area contributed by atoms with Crippen LogP contribution in [0.3, 0.4) is 0 Å². The van der Waals surface area contributed by atoms with Gasteiger partial charge in [0.2, 0.25) is 5.91 Å². The zero-order chi connectivity index (χ0) is 18.4. The molecule has 0 fully saturated rings. The van der Waals surface area contributed by atoms with E-state index in [9.17, 15) is 9.59 Å². The third kappa shape index (κ3) is 4.72. The molecule has 0 aliphatic rings. The molecule has 1 amide bonds. The van der Waals surface area contributed by atoms with Crippen LogP contribution in [0.5, 0.6) is 0 Å². The molecule has 1 aromatic heterocycles. The van der Waals surface area contributed by atoms with Gasteiger partial charge in [0, 0.05) is 19.6 Å². The maximum atomic E-state index is 12.7. The van der Waals surface area contributed by atoms with Gasteiger partial charge in [-0.1, -0.05) is 43.0 Å². The summed E-state index contributed by atoms with van der Waals surface area (Å²) in [5, 5.41) is 1.22. The van der Waals surface area contributed by atoms with E-state index in [1.54, 1.807) is 15.5 Å². The van der Waals surface area contributed by atoms with E-state index in [1.807, 2.05) is 39.0 Å². The summed E-state index contributed by atoms with van der Waals surface area (Å²) >= 11 is 1.33. The largest absolute Gasteiger partial charge is 0.338 e. The summed E-state index contributed by atoms with van der Waals surface area (Å²) in [5.74, 6) is 0.288. The van der Waals surface area contributed by atoms with Gasteiger partial charge in [0.1, 0.15) is 0 Å². The molecule has 134 valence electrons. The smallest absolute Gasteiger partial charge is 0.262 e. The number of carbonyl (C=O) groups excluding carboxylic acids is 1. The van der Waals surface area contributed by atoms with Crippen molar-refractivity contribution in [2.45, 2.75) is 38.9 Å². The van der Waals surface area contributed by atoms with Crippen LogP contribution in [0.15, 0.2) is 46.4 Å². The number of rotatable bonds is 8. The summed E-state index contributed by atoms with van der Waals surface area (Å²) in [6.45, 7) is 11.5. The molecule has 6 heteroatoms. The lowest BCUT2D eigenvalue weighted by Crippen LogP contribution is -2.33. The van der Waals surface area contributed by atoms with E-state index in [4.69, 9.17) is 0 Å². The maximum Gasteiger partial charge on any atom is 0.262 e. The third-order valence-corrected chi connectivity index (χ3v) is 4.75. The van der Waals surface area contributed by atoms with Crippen molar-refractivity contribution < 1.29 is 4.79 Å². The molecule has 0 bridgehead atoms. The standard InChI is InChI=1S/C19H25N3O2S/c1-5-11-22-18(24)15-9-7-8-10-16(15)20-19(22)25-13-17(23)21(6-2)12-14(3)4/h7-10H,3,5-6,11-13H2,1-2,4H3. The highest BCUT2D eigenvalue weighted by Gasteiger charge is 2.16. The average Bonchev–Trinajstić information content (AvgIpc) is 2.60. The molecule has 0 saturated heterocycles. The Kier molecular flexibility index (Phi) is 6.82. The number of hydrogen-bond acceptors (Lipinski definition) is 4. The van der Waals surface area contributed by atoms with Crippen LogP contribution in [0.25, 0.3) is 10.9 Å². The third-order valence-electron chi connectivity index (χ3n) is 3.79. The molecule has 0 N–H and O–H groups in total.